The molecule has 0 aromatic carbocycles. The first-order chi connectivity index (χ1) is 2.91. The summed E-state index contributed by atoms with van der Waals surface area (Å²) in [6, 6.07) is 0. The predicted molar refractivity (Wildman–Crippen MR) is 20.5 cm³/mol. The first-order valence-electron chi connectivity index (χ1n) is 1.32. The van der Waals surface area contributed by atoms with E-state index in [0.29, 0.717) is 0 Å². The third-order valence-electron chi connectivity index (χ3n) is 0.219. The Morgan fingerprint density at radius 3 is 1.25 bits per heavy atom. The number of carbonyl (C=O) groups excluding carboxylic acids is 2. The summed E-state index contributed by atoms with van der Waals surface area (Å²) < 4.78 is 0. The maximum absolute atomic E-state index is 9.17. The van der Waals surface area contributed by atoms with Gasteiger partial charge < -0.3 is 21.7 Å². The molecule has 8 heavy (non-hydrogen) atoms. The van der Waals surface area contributed by atoms with E-state index in [1.165, 1.54) is 12.6 Å². The normalized spacial score (nSPS) is 6.50. The van der Waals surface area contributed by atoms with Crippen molar-refractivity contribution in [3.8, 4) is 0 Å². The molecule has 0 rings (SSSR count). The Kier molecular flexibility index (Phi) is 31.8. The summed E-state index contributed by atoms with van der Waals surface area (Å²) in [6.07, 6.45) is 4.65. The summed E-state index contributed by atoms with van der Waals surface area (Å²) >= 11 is 0. The molecule has 0 N–H and O–H groups in total. The second-order valence-electron chi connectivity index (χ2n) is 0.569. The minimum atomic E-state index is 0. The maximum Gasteiger partial charge on any atom is 0 e. The second kappa shape index (κ2) is 15.7. The quantitative estimate of drug-likeness (QED) is 0.507. The zero-order chi connectivity index (χ0) is 4.83. The van der Waals surface area contributed by atoms with Crippen molar-refractivity contribution in [2.75, 3.05) is 0 Å². The number of allylic oxidation sites excluding steroid dienone is 2. The van der Waals surface area contributed by atoms with E-state index in [2.05, 4.69) is 0 Å². The van der Waals surface area contributed by atoms with E-state index in [-0.39, 0.29) is 65.4 Å². The fourth-order valence-electron chi connectivity index (χ4n) is 0.0680. The topological polar surface area (TPSA) is 34.1 Å². The smallest absolute Gasteiger partial charge is 0 e. The number of hydrogen-bond acceptors (Lipinski definition) is 2. The van der Waals surface area contributed by atoms with Gasteiger partial charge in [0.15, 0.2) is 0 Å². The van der Waals surface area contributed by atoms with Gasteiger partial charge in [0, 0.05) is 65.4 Å². The van der Waals surface area contributed by atoms with Gasteiger partial charge in [-0.25, -0.2) is 0 Å². The van der Waals surface area contributed by atoms with Gasteiger partial charge >= 0.3 is 0 Å². The van der Waals surface area contributed by atoms with Crippen LogP contribution in [0.1, 0.15) is 0 Å². The van der Waals surface area contributed by atoms with Gasteiger partial charge in [0.1, 0.15) is 0 Å². The van der Waals surface area contributed by atoms with Crippen LogP contribution in [-0.4, -0.2) is 12.6 Å². The summed E-state index contributed by atoms with van der Waals surface area (Å²) in [4.78, 5) is 18.3. The maximum atomic E-state index is 9.17. The fourth-order valence-corrected chi connectivity index (χ4v) is 0.0680. The van der Waals surface area contributed by atoms with E-state index < -0.39 is 0 Å². The van der Waals surface area contributed by atoms with Crippen molar-refractivity contribution in [1.29, 1.82) is 0 Å². The van der Waals surface area contributed by atoms with Crippen LogP contribution < -0.4 is 0 Å². The van der Waals surface area contributed by atoms with Crippen molar-refractivity contribution < 1.29 is 75.0 Å². The number of rotatable bonds is 2. The minimum Gasteiger partial charge on any atom is -0.440 e. The third kappa shape index (κ3) is 15.7. The van der Waals surface area contributed by atoms with E-state index in [1.807, 2.05) is 0 Å². The van der Waals surface area contributed by atoms with Crippen LogP contribution in [0.25, 0.3) is 0 Å². The van der Waals surface area contributed by atoms with E-state index in [0.717, 1.165) is 12.2 Å². The summed E-state index contributed by atoms with van der Waals surface area (Å²) in [5.74, 6) is 0. The van der Waals surface area contributed by atoms with E-state index in [9.17, 15) is 9.59 Å². The van der Waals surface area contributed by atoms with Crippen molar-refractivity contribution >= 4 is 12.6 Å². The van der Waals surface area contributed by atoms with Gasteiger partial charge in [0.25, 0.3) is 0 Å². The molecule has 0 aliphatic heterocycles. The van der Waals surface area contributed by atoms with Crippen molar-refractivity contribution in [1.82, 2.24) is 0 Å². The zero-order valence-electron chi connectivity index (χ0n) is 4.13. The van der Waals surface area contributed by atoms with E-state index in [4.69, 9.17) is 0 Å². The standard InChI is InChI=1S/C4H2O2.2Y/c5-3-1-2-4-6;;/h1-2H;;/q-2;;/b2-1+;;. The Labute approximate surface area is 98.2 Å². The monoisotopic (exact) mass is 260 g/mol. The Morgan fingerprint density at radius 1 is 0.875 bits per heavy atom. The largest absolute Gasteiger partial charge is 0.440 e. The molecule has 0 saturated carbocycles. The van der Waals surface area contributed by atoms with Gasteiger partial charge in [-0.05, 0) is 0 Å². The van der Waals surface area contributed by atoms with Crippen LogP contribution in [0.3, 0.4) is 0 Å². The zero-order valence-corrected chi connectivity index (χ0v) is 9.80. The van der Waals surface area contributed by atoms with Crippen LogP contribution in [-0.2, 0) is 75.0 Å². The number of hydrogen-bond donors (Lipinski definition) is 0. The Morgan fingerprint density at radius 2 is 1.12 bits per heavy atom. The summed E-state index contributed by atoms with van der Waals surface area (Å²) in [5, 5.41) is 0. The van der Waals surface area contributed by atoms with E-state index >= 15 is 0 Å². The van der Waals surface area contributed by atoms with E-state index in [1.54, 1.807) is 0 Å². The van der Waals surface area contributed by atoms with Crippen molar-refractivity contribution in [2.45, 2.75) is 0 Å². The minimum absolute atomic E-state index is 0. The van der Waals surface area contributed by atoms with Gasteiger partial charge in [0.2, 0.25) is 0 Å². The van der Waals surface area contributed by atoms with Crippen molar-refractivity contribution in [2.24, 2.45) is 0 Å². The van der Waals surface area contributed by atoms with Gasteiger partial charge in [-0.15, -0.1) is 12.6 Å². The molecule has 38 valence electrons. The summed E-state index contributed by atoms with van der Waals surface area (Å²) in [7, 11) is 0. The molecule has 0 heterocycles. The van der Waals surface area contributed by atoms with Crippen LogP contribution >= 0.6 is 0 Å². The Hall–Kier alpha value is 1.29. The molecule has 4 heteroatoms. The summed E-state index contributed by atoms with van der Waals surface area (Å²) in [6.45, 7) is 0. The average Bonchev–Trinajstić information content (AvgIpc) is 1.61. The summed E-state index contributed by atoms with van der Waals surface area (Å²) in [5.41, 5.74) is 0. The first-order valence-corrected chi connectivity index (χ1v) is 1.32. The first kappa shape index (κ1) is 16.1. The molecule has 0 amide bonds. The molecule has 0 spiro atoms. The van der Waals surface area contributed by atoms with Crippen molar-refractivity contribution in [3.63, 3.8) is 0 Å². The Bertz CT molecular complexity index is 70.1. The molecular weight excluding hydrogens is 258 g/mol. The van der Waals surface area contributed by atoms with Gasteiger partial charge in [-0.1, -0.05) is 0 Å². The fraction of sp³-hybridized carbons (Fsp3) is 0. The van der Waals surface area contributed by atoms with Gasteiger partial charge in [0.05, 0.1) is 0 Å². The van der Waals surface area contributed by atoms with Gasteiger partial charge in [-0.3, -0.25) is 0 Å². The van der Waals surface area contributed by atoms with Gasteiger partial charge in [-0.2, -0.15) is 0 Å². The molecule has 0 aromatic rings. The molecule has 0 aliphatic rings. The molecule has 0 atom stereocenters. The average molecular weight is 260 g/mol. The van der Waals surface area contributed by atoms with Crippen LogP contribution in [0.2, 0.25) is 0 Å². The Balaban J connectivity index is -0.000000125. The molecule has 0 aliphatic carbocycles. The molecular formula is C4H2O2Y2-2. The van der Waals surface area contributed by atoms with Crippen molar-refractivity contribution in [3.05, 3.63) is 12.2 Å². The van der Waals surface area contributed by atoms with Crippen LogP contribution in [0.15, 0.2) is 12.2 Å². The second-order valence-corrected chi connectivity index (χ2v) is 0.569. The third-order valence-corrected chi connectivity index (χ3v) is 0.219. The molecule has 0 aromatic heterocycles. The SMILES string of the molecule is O=[C-]/C=C/[C-]=O.[Y].[Y]. The molecule has 0 bridgehead atoms. The molecule has 0 saturated heterocycles. The van der Waals surface area contributed by atoms with Crippen LogP contribution in [0, 0.1) is 0 Å². The predicted octanol–water partition coefficient (Wildman–Crippen LogP) is -0.243. The van der Waals surface area contributed by atoms with Crippen LogP contribution in [0.4, 0.5) is 0 Å². The molecule has 2 radical (unpaired) electrons. The molecule has 0 fully saturated rings. The molecule has 0 unspecified atom stereocenters. The van der Waals surface area contributed by atoms with Crippen LogP contribution in [0.5, 0.6) is 0 Å². The molecule has 2 nitrogen and oxygen atoms in total.